The van der Waals surface area contributed by atoms with E-state index in [9.17, 15) is 19.5 Å². The van der Waals surface area contributed by atoms with E-state index in [-0.39, 0.29) is 18.9 Å². The molecule has 8 nitrogen and oxygen atoms in total. The lowest BCUT2D eigenvalue weighted by Crippen LogP contribution is -2.52. The van der Waals surface area contributed by atoms with Crippen molar-refractivity contribution < 1.29 is 29.4 Å². The van der Waals surface area contributed by atoms with Crippen LogP contribution in [0.2, 0.25) is 0 Å². The van der Waals surface area contributed by atoms with E-state index >= 15 is 0 Å². The van der Waals surface area contributed by atoms with Crippen LogP contribution < -0.4 is 10.8 Å². The number of carbonyl (C=O) groups excluding carboxylic acids is 3. The van der Waals surface area contributed by atoms with E-state index in [0.29, 0.717) is 0 Å². The van der Waals surface area contributed by atoms with Crippen LogP contribution in [0.5, 0.6) is 0 Å². The Morgan fingerprint density at radius 2 is 1.67 bits per heavy atom. The number of carbonyl (C=O) groups is 3. The maximum atomic E-state index is 12.6. The highest BCUT2D eigenvalue weighted by Crippen LogP contribution is 2.22. The number of aliphatic hydroxyl groups excluding tert-OH is 1. The molecule has 0 bridgehead atoms. The number of rotatable bonds is 8. The van der Waals surface area contributed by atoms with Crippen LogP contribution in [-0.2, 0) is 19.1 Å². The number of hydrogen-bond acceptors (Lipinski definition) is 6. The van der Waals surface area contributed by atoms with Crippen LogP contribution in [0, 0.1) is 17.3 Å². The van der Waals surface area contributed by atoms with Gasteiger partial charge in [0.1, 0.15) is 12.7 Å². The summed E-state index contributed by atoms with van der Waals surface area (Å²) in [6.45, 7) is 10.6. The van der Waals surface area contributed by atoms with E-state index in [0.717, 1.165) is 0 Å². The number of ether oxygens (including phenoxy) is 1. The highest BCUT2D eigenvalue weighted by molar-refractivity contribution is 5.88. The fourth-order valence-electron chi connectivity index (χ4n) is 2.12. The number of hydroxylamine groups is 1. The van der Waals surface area contributed by atoms with E-state index in [2.05, 4.69) is 5.32 Å². The molecule has 0 fully saturated rings. The van der Waals surface area contributed by atoms with Crippen molar-refractivity contribution in [3.63, 3.8) is 0 Å². The zero-order valence-corrected chi connectivity index (χ0v) is 15.3. The monoisotopic (exact) mass is 346 g/mol. The molecule has 0 aromatic rings. The third-order valence-electron chi connectivity index (χ3n) is 3.64. The Morgan fingerprint density at radius 3 is 2.04 bits per heavy atom. The molecule has 0 radical (unpaired) electrons. The first-order valence-electron chi connectivity index (χ1n) is 7.95. The van der Waals surface area contributed by atoms with E-state index in [1.165, 1.54) is 12.4 Å². The Labute approximate surface area is 142 Å². The van der Waals surface area contributed by atoms with Crippen LogP contribution in [0.15, 0.2) is 0 Å². The lowest BCUT2D eigenvalue weighted by Gasteiger charge is -2.33. The molecule has 0 aliphatic carbocycles. The maximum absolute atomic E-state index is 12.6. The smallest absolute Gasteiger partial charge is 0.302 e. The fourth-order valence-corrected chi connectivity index (χ4v) is 2.12. The van der Waals surface area contributed by atoms with Crippen molar-refractivity contribution in [1.82, 2.24) is 10.8 Å². The summed E-state index contributed by atoms with van der Waals surface area (Å²) in [4.78, 5) is 35.1. The van der Waals surface area contributed by atoms with Crippen molar-refractivity contribution >= 4 is 17.8 Å². The minimum atomic E-state index is -1.67. The highest BCUT2D eigenvalue weighted by Gasteiger charge is 2.36. The summed E-state index contributed by atoms with van der Waals surface area (Å²) in [6.07, 6.45) is -1.42. The first-order valence-corrected chi connectivity index (χ1v) is 7.95. The van der Waals surface area contributed by atoms with Gasteiger partial charge in [-0.15, -0.1) is 0 Å². The van der Waals surface area contributed by atoms with E-state index in [1.54, 1.807) is 0 Å². The van der Waals surface area contributed by atoms with Gasteiger partial charge in [0.2, 0.25) is 5.91 Å². The second kappa shape index (κ2) is 9.58. The van der Waals surface area contributed by atoms with Gasteiger partial charge in [-0.25, -0.2) is 5.48 Å². The van der Waals surface area contributed by atoms with Crippen LogP contribution in [0.1, 0.15) is 48.0 Å². The van der Waals surface area contributed by atoms with Crippen LogP contribution in [0.4, 0.5) is 0 Å². The SMILES string of the molecule is CC(=O)OC[C@@H](NC(=O)[C@H](CC(C)C)[C@H](O)C(=O)NO)C(C)(C)C. The largest absolute Gasteiger partial charge is 0.464 e. The van der Waals surface area contributed by atoms with Gasteiger partial charge in [0.25, 0.3) is 5.91 Å². The molecule has 2 amide bonds. The molecule has 0 aliphatic heterocycles. The van der Waals surface area contributed by atoms with Gasteiger partial charge < -0.3 is 15.2 Å². The minimum absolute atomic E-state index is 0.0126. The first kappa shape index (κ1) is 22.3. The molecule has 0 saturated carbocycles. The van der Waals surface area contributed by atoms with Crippen molar-refractivity contribution in [2.75, 3.05) is 6.61 Å². The van der Waals surface area contributed by atoms with Crippen molar-refractivity contribution in [3.8, 4) is 0 Å². The third kappa shape index (κ3) is 7.74. The Hall–Kier alpha value is -1.67. The van der Waals surface area contributed by atoms with Crippen LogP contribution in [0.3, 0.4) is 0 Å². The Kier molecular flexibility index (Phi) is 8.92. The Bertz CT molecular complexity index is 444. The molecule has 24 heavy (non-hydrogen) atoms. The normalized spacial score (nSPS) is 15.4. The first-order chi connectivity index (χ1) is 10.9. The zero-order valence-electron chi connectivity index (χ0n) is 15.3. The van der Waals surface area contributed by atoms with Gasteiger partial charge in [-0.2, -0.15) is 0 Å². The van der Waals surface area contributed by atoms with Gasteiger partial charge in [0.05, 0.1) is 12.0 Å². The summed E-state index contributed by atoms with van der Waals surface area (Å²) in [5.41, 5.74) is 0.954. The zero-order chi connectivity index (χ0) is 19.1. The predicted molar refractivity (Wildman–Crippen MR) is 86.9 cm³/mol. The molecule has 8 heteroatoms. The van der Waals surface area contributed by atoms with E-state index in [1.807, 2.05) is 34.6 Å². The van der Waals surface area contributed by atoms with Gasteiger partial charge in [0, 0.05) is 6.92 Å². The summed E-state index contributed by atoms with van der Waals surface area (Å²) in [5.74, 6) is -3.02. The van der Waals surface area contributed by atoms with Crippen molar-refractivity contribution in [1.29, 1.82) is 0 Å². The fraction of sp³-hybridized carbons (Fsp3) is 0.812. The molecule has 140 valence electrons. The summed E-state index contributed by atoms with van der Waals surface area (Å²) in [5, 5.41) is 21.4. The average Bonchev–Trinajstić information content (AvgIpc) is 2.45. The van der Waals surface area contributed by atoms with Gasteiger partial charge in [-0.1, -0.05) is 34.6 Å². The van der Waals surface area contributed by atoms with Crippen LogP contribution in [0.25, 0.3) is 0 Å². The summed E-state index contributed by atoms with van der Waals surface area (Å²) >= 11 is 0. The lowest BCUT2D eigenvalue weighted by atomic mass is 9.85. The Balaban J connectivity index is 5.22. The molecular formula is C16H30N2O6. The van der Waals surface area contributed by atoms with Gasteiger partial charge >= 0.3 is 5.97 Å². The number of hydrogen-bond donors (Lipinski definition) is 4. The standard InChI is InChI=1S/C16H30N2O6/c1-9(2)7-11(13(20)15(22)18-23)14(21)17-12(16(4,5)6)8-24-10(3)19/h9,11-13,20,23H,7-8H2,1-6H3,(H,17,21)(H,18,22)/t11-,12-,13+/m1/s1. The molecule has 0 aromatic heterocycles. The molecule has 0 heterocycles. The lowest BCUT2D eigenvalue weighted by molar-refractivity contribution is -0.148. The summed E-state index contributed by atoms with van der Waals surface area (Å²) in [6, 6.07) is -0.493. The number of esters is 1. The van der Waals surface area contributed by atoms with Gasteiger partial charge in [-0.3, -0.25) is 19.6 Å². The van der Waals surface area contributed by atoms with Crippen LogP contribution >= 0.6 is 0 Å². The summed E-state index contributed by atoms with van der Waals surface area (Å²) < 4.78 is 4.99. The maximum Gasteiger partial charge on any atom is 0.302 e. The number of nitrogens with one attached hydrogen (secondary N) is 2. The molecule has 0 saturated heterocycles. The molecular weight excluding hydrogens is 316 g/mol. The quantitative estimate of drug-likeness (QED) is 0.290. The second-order valence-corrected chi connectivity index (χ2v) is 7.39. The number of aliphatic hydroxyl groups is 1. The minimum Gasteiger partial charge on any atom is -0.464 e. The van der Waals surface area contributed by atoms with Crippen LogP contribution in [-0.4, -0.2) is 46.9 Å². The Morgan fingerprint density at radius 1 is 1.12 bits per heavy atom. The average molecular weight is 346 g/mol. The molecule has 3 atom stereocenters. The van der Waals surface area contributed by atoms with E-state index < -0.39 is 41.3 Å². The predicted octanol–water partition coefficient (Wildman–Crippen LogP) is 0.609. The van der Waals surface area contributed by atoms with Gasteiger partial charge in [0.15, 0.2) is 0 Å². The molecule has 0 unspecified atom stereocenters. The van der Waals surface area contributed by atoms with Crippen molar-refractivity contribution in [2.45, 2.75) is 60.1 Å². The summed E-state index contributed by atoms with van der Waals surface area (Å²) in [7, 11) is 0. The third-order valence-corrected chi connectivity index (χ3v) is 3.64. The van der Waals surface area contributed by atoms with E-state index in [4.69, 9.17) is 9.94 Å². The molecule has 0 rings (SSSR count). The van der Waals surface area contributed by atoms with Crippen molar-refractivity contribution in [2.24, 2.45) is 17.3 Å². The molecule has 0 aromatic carbocycles. The molecule has 4 N–H and O–H groups in total. The molecule has 0 aliphatic rings. The molecule has 0 spiro atoms. The topological polar surface area (TPSA) is 125 Å². The number of amides is 2. The second-order valence-electron chi connectivity index (χ2n) is 7.39. The van der Waals surface area contributed by atoms with Crippen molar-refractivity contribution in [3.05, 3.63) is 0 Å². The highest BCUT2D eigenvalue weighted by atomic mass is 16.5. The van der Waals surface area contributed by atoms with Gasteiger partial charge in [-0.05, 0) is 17.8 Å².